The van der Waals surface area contributed by atoms with Crippen molar-refractivity contribution in [2.75, 3.05) is 19.6 Å². The zero-order valence-electron chi connectivity index (χ0n) is 13.4. The van der Waals surface area contributed by atoms with Crippen molar-refractivity contribution in [1.29, 1.82) is 5.41 Å². The Morgan fingerprint density at radius 3 is 2.32 bits per heavy atom. The van der Waals surface area contributed by atoms with Crippen LogP contribution in [0, 0.1) is 16.2 Å². The van der Waals surface area contributed by atoms with E-state index in [0.29, 0.717) is 11.3 Å². The molecule has 0 spiro atoms. The van der Waals surface area contributed by atoms with Crippen molar-refractivity contribution in [3.8, 4) is 0 Å². The van der Waals surface area contributed by atoms with Crippen LogP contribution in [0.2, 0.25) is 0 Å². The summed E-state index contributed by atoms with van der Waals surface area (Å²) >= 11 is 0. The highest BCUT2D eigenvalue weighted by molar-refractivity contribution is 5.82. The largest absolute Gasteiger partial charge is 0.387 e. The zero-order chi connectivity index (χ0) is 14.5. The van der Waals surface area contributed by atoms with Crippen molar-refractivity contribution >= 4 is 5.84 Å². The highest BCUT2D eigenvalue weighted by Crippen LogP contribution is 2.34. The van der Waals surface area contributed by atoms with Gasteiger partial charge in [-0.15, -0.1) is 0 Å². The molecule has 0 saturated carbocycles. The average molecular weight is 267 g/mol. The molecule has 3 N–H and O–H groups in total. The molecule has 1 saturated heterocycles. The number of likely N-dealkylation sites (tertiary alicyclic amines) is 1. The standard InChI is InChI=1S/C16H33N3/c1-5-16(4)9-12-19(13-10-16)11-7-6-8-15(2,3)14(17)18/h5-13H2,1-4H3,(H3,17,18). The van der Waals surface area contributed by atoms with E-state index in [9.17, 15) is 0 Å². The smallest absolute Gasteiger partial charge is 0.0963 e. The van der Waals surface area contributed by atoms with Crippen LogP contribution in [0.15, 0.2) is 0 Å². The molecule has 0 aromatic carbocycles. The molecule has 0 atom stereocenters. The fraction of sp³-hybridized carbons (Fsp3) is 0.938. The Morgan fingerprint density at radius 2 is 1.84 bits per heavy atom. The third kappa shape index (κ3) is 5.13. The van der Waals surface area contributed by atoms with Crippen LogP contribution in [0.3, 0.4) is 0 Å². The van der Waals surface area contributed by atoms with Gasteiger partial charge in [-0.05, 0) is 50.7 Å². The molecule has 3 nitrogen and oxygen atoms in total. The highest BCUT2D eigenvalue weighted by Gasteiger charge is 2.28. The Bertz CT molecular complexity index is 288. The molecule has 19 heavy (non-hydrogen) atoms. The predicted octanol–water partition coefficient (Wildman–Crippen LogP) is 3.63. The Balaban J connectivity index is 2.17. The van der Waals surface area contributed by atoms with Gasteiger partial charge in [-0.2, -0.15) is 0 Å². The molecule has 0 aromatic heterocycles. The zero-order valence-corrected chi connectivity index (χ0v) is 13.4. The lowest BCUT2D eigenvalue weighted by Gasteiger charge is -2.39. The number of hydrogen-bond acceptors (Lipinski definition) is 2. The van der Waals surface area contributed by atoms with E-state index in [2.05, 4.69) is 32.6 Å². The van der Waals surface area contributed by atoms with E-state index >= 15 is 0 Å². The van der Waals surface area contributed by atoms with Gasteiger partial charge in [0.2, 0.25) is 0 Å². The molecule has 1 rings (SSSR count). The van der Waals surface area contributed by atoms with Crippen LogP contribution in [0.5, 0.6) is 0 Å². The molecule has 0 bridgehead atoms. The molecule has 1 aliphatic heterocycles. The summed E-state index contributed by atoms with van der Waals surface area (Å²) in [6.07, 6.45) is 7.45. The average Bonchev–Trinajstić information content (AvgIpc) is 2.37. The van der Waals surface area contributed by atoms with E-state index in [1.807, 2.05) is 0 Å². The molecular formula is C16H33N3. The fourth-order valence-electron chi connectivity index (χ4n) is 2.71. The van der Waals surface area contributed by atoms with Gasteiger partial charge in [0, 0.05) is 5.41 Å². The molecule has 1 fully saturated rings. The summed E-state index contributed by atoms with van der Waals surface area (Å²) in [7, 11) is 0. The van der Waals surface area contributed by atoms with Gasteiger partial charge in [0.25, 0.3) is 0 Å². The summed E-state index contributed by atoms with van der Waals surface area (Å²) in [5.74, 6) is 0.323. The van der Waals surface area contributed by atoms with Crippen molar-refractivity contribution < 1.29 is 0 Å². The van der Waals surface area contributed by atoms with Gasteiger partial charge in [0.1, 0.15) is 0 Å². The number of piperidine rings is 1. The second kappa shape index (κ2) is 6.74. The quantitative estimate of drug-likeness (QED) is 0.420. The van der Waals surface area contributed by atoms with Crippen molar-refractivity contribution in [3.05, 3.63) is 0 Å². The van der Waals surface area contributed by atoms with Gasteiger partial charge >= 0.3 is 0 Å². The van der Waals surface area contributed by atoms with Crippen LogP contribution in [-0.2, 0) is 0 Å². The Hall–Kier alpha value is -0.570. The first-order valence-electron chi connectivity index (χ1n) is 7.86. The number of nitrogens with two attached hydrogens (primary N) is 1. The Kier molecular flexibility index (Phi) is 5.84. The van der Waals surface area contributed by atoms with Gasteiger partial charge in [0.15, 0.2) is 0 Å². The fourth-order valence-corrected chi connectivity index (χ4v) is 2.71. The molecule has 0 unspecified atom stereocenters. The first-order valence-corrected chi connectivity index (χ1v) is 7.86. The van der Waals surface area contributed by atoms with Crippen LogP contribution in [0.4, 0.5) is 0 Å². The molecule has 0 radical (unpaired) electrons. The lowest BCUT2D eigenvalue weighted by Crippen LogP contribution is -2.39. The summed E-state index contributed by atoms with van der Waals surface area (Å²) in [4.78, 5) is 2.61. The monoisotopic (exact) mass is 267 g/mol. The number of nitrogens with zero attached hydrogens (tertiary/aromatic N) is 1. The van der Waals surface area contributed by atoms with Gasteiger partial charge in [-0.1, -0.05) is 40.5 Å². The van der Waals surface area contributed by atoms with Gasteiger partial charge < -0.3 is 10.6 Å². The lowest BCUT2D eigenvalue weighted by molar-refractivity contribution is 0.113. The first kappa shape index (κ1) is 16.5. The number of unbranched alkanes of at least 4 members (excludes halogenated alkanes) is 1. The Labute approximate surface area is 119 Å². The molecule has 1 heterocycles. The van der Waals surface area contributed by atoms with Crippen molar-refractivity contribution in [3.63, 3.8) is 0 Å². The van der Waals surface area contributed by atoms with Crippen LogP contribution in [0.25, 0.3) is 0 Å². The first-order chi connectivity index (χ1) is 8.79. The summed E-state index contributed by atoms with van der Waals surface area (Å²) in [6, 6.07) is 0. The number of nitrogens with one attached hydrogen (secondary N) is 1. The van der Waals surface area contributed by atoms with Crippen LogP contribution < -0.4 is 5.73 Å². The number of rotatable bonds is 7. The molecule has 1 aliphatic rings. The maximum atomic E-state index is 7.56. The normalized spacial score (nSPS) is 20.4. The van der Waals surface area contributed by atoms with E-state index in [0.717, 1.165) is 6.42 Å². The maximum Gasteiger partial charge on any atom is 0.0963 e. The Morgan fingerprint density at radius 1 is 1.26 bits per heavy atom. The van der Waals surface area contributed by atoms with Crippen LogP contribution in [-0.4, -0.2) is 30.4 Å². The topological polar surface area (TPSA) is 53.1 Å². The molecule has 0 aliphatic carbocycles. The minimum atomic E-state index is -0.122. The van der Waals surface area contributed by atoms with Crippen LogP contribution in [0.1, 0.15) is 66.2 Å². The maximum absolute atomic E-state index is 7.56. The number of amidine groups is 1. The van der Waals surface area contributed by atoms with E-state index in [1.165, 1.54) is 51.7 Å². The third-order valence-corrected chi connectivity index (χ3v) is 5.17. The lowest BCUT2D eigenvalue weighted by atomic mass is 9.78. The second-order valence-corrected chi connectivity index (χ2v) is 7.26. The minimum Gasteiger partial charge on any atom is -0.387 e. The summed E-state index contributed by atoms with van der Waals surface area (Å²) in [5, 5.41) is 7.56. The van der Waals surface area contributed by atoms with E-state index in [4.69, 9.17) is 11.1 Å². The summed E-state index contributed by atoms with van der Waals surface area (Å²) in [6.45, 7) is 12.6. The van der Waals surface area contributed by atoms with E-state index < -0.39 is 0 Å². The summed E-state index contributed by atoms with van der Waals surface area (Å²) < 4.78 is 0. The van der Waals surface area contributed by atoms with Crippen molar-refractivity contribution in [2.24, 2.45) is 16.6 Å². The van der Waals surface area contributed by atoms with Gasteiger partial charge in [-0.25, -0.2) is 0 Å². The summed E-state index contributed by atoms with van der Waals surface area (Å²) in [5.41, 5.74) is 6.08. The SMILES string of the molecule is CCC1(C)CCN(CCCCC(C)(C)C(=N)N)CC1. The molecule has 0 amide bonds. The van der Waals surface area contributed by atoms with Gasteiger partial charge in [-0.3, -0.25) is 5.41 Å². The minimum absolute atomic E-state index is 0.122. The third-order valence-electron chi connectivity index (χ3n) is 5.17. The molecular weight excluding hydrogens is 234 g/mol. The molecule has 3 heteroatoms. The van der Waals surface area contributed by atoms with E-state index in [-0.39, 0.29) is 5.41 Å². The van der Waals surface area contributed by atoms with Crippen molar-refractivity contribution in [1.82, 2.24) is 4.90 Å². The predicted molar refractivity (Wildman–Crippen MR) is 83.6 cm³/mol. The van der Waals surface area contributed by atoms with Crippen LogP contribution >= 0.6 is 0 Å². The molecule has 112 valence electrons. The van der Waals surface area contributed by atoms with Gasteiger partial charge in [0.05, 0.1) is 5.84 Å². The second-order valence-electron chi connectivity index (χ2n) is 7.26. The van der Waals surface area contributed by atoms with Crippen molar-refractivity contribution in [2.45, 2.75) is 66.2 Å². The highest BCUT2D eigenvalue weighted by atomic mass is 15.1. The molecule has 0 aromatic rings. The number of hydrogen-bond donors (Lipinski definition) is 2. The van der Waals surface area contributed by atoms with E-state index in [1.54, 1.807) is 0 Å².